The van der Waals surface area contributed by atoms with Crippen molar-refractivity contribution in [1.82, 2.24) is 10.3 Å². The standard InChI is InChI=1S/C15H13BrN2S2/c16-12-6-7-19-14(12)8-17-9-15-18-13(10-20-15)11-4-2-1-3-5-11/h1-7,10,17H,8-9H2. The number of nitrogens with zero attached hydrogens (tertiary/aromatic N) is 1. The number of benzene rings is 1. The Kier molecular flexibility index (Phi) is 4.62. The van der Waals surface area contributed by atoms with E-state index in [1.54, 1.807) is 22.7 Å². The van der Waals surface area contributed by atoms with Gasteiger partial charge in [-0.3, -0.25) is 0 Å². The fourth-order valence-corrected chi connectivity index (χ4v) is 4.10. The Morgan fingerprint density at radius 1 is 1.05 bits per heavy atom. The summed E-state index contributed by atoms with van der Waals surface area (Å²) in [7, 11) is 0. The molecule has 0 aliphatic carbocycles. The molecule has 0 amide bonds. The lowest BCUT2D eigenvalue weighted by atomic mass is 10.2. The lowest BCUT2D eigenvalue weighted by Gasteiger charge is -2.01. The van der Waals surface area contributed by atoms with Crippen LogP contribution < -0.4 is 5.32 Å². The first-order chi connectivity index (χ1) is 9.83. The molecule has 0 spiro atoms. The van der Waals surface area contributed by atoms with E-state index in [1.807, 2.05) is 18.2 Å². The maximum absolute atomic E-state index is 4.67. The predicted octanol–water partition coefficient (Wildman–Crippen LogP) is 4.92. The molecule has 20 heavy (non-hydrogen) atoms. The van der Waals surface area contributed by atoms with Crippen molar-refractivity contribution in [1.29, 1.82) is 0 Å². The highest BCUT2D eigenvalue weighted by molar-refractivity contribution is 9.10. The third-order valence-electron chi connectivity index (χ3n) is 2.87. The van der Waals surface area contributed by atoms with Gasteiger partial charge in [0, 0.05) is 33.4 Å². The van der Waals surface area contributed by atoms with E-state index in [0.29, 0.717) is 0 Å². The van der Waals surface area contributed by atoms with Crippen molar-refractivity contribution in [2.45, 2.75) is 13.1 Å². The molecule has 0 bridgehead atoms. The van der Waals surface area contributed by atoms with Gasteiger partial charge < -0.3 is 5.32 Å². The van der Waals surface area contributed by atoms with Crippen LogP contribution in [0.1, 0.15) is 9.88 Å². The van der Waals surface area contributed by atoms with Gasteiger partial charge in [0.05, 0.1) is 5.69 Å². The SMILES string of the molecule is Brc1ccsc1CNCc1nc(-c2ccccc2)cs1. The van der Waals surface area contributed by atoms with Crippen molar-refractivity contribution in [2.75, 3.05) is 0 Å². The van der Waals surface area contributed by atoms with Crippen LogP contribution in [0, 0.1) is 0 Å². The Hall–Kier alpha value is -1.01. The number of rotatable bonds is 5. The molecule has 3 rings (SSSR count). The first-order valence-electron chi connectivity index (χ1n) is 6.25. The molecule has 1 aromatic carbocycles. The maximum Gasteiger partial charge on any atom is 0.107 e. The highest BCUT2D eigenvalue weighted by Crippen LogP contribution is 2.23. The molecule has 0 unspecified atom stereocenters. The van der Waals surface area contributed by atoms with E-state index in [4.69, 9.17) is 0 Å². The number of halogens is 1. The average Bonchev–Trinajstić information content (AvgIpc) is 3.10. The minimum Gasteiger partial charge on any atom is -0.305 e. The summed E-state index contributed by atoms with van der Waals surface area (Å²) in [6, 6.07) is 12.4. The molecule has 0 saturated carbocycles. The smallest absolute Gasteiger partial charge is 0.107 e. The van der Waals surface area contributed by atoms with Crippen molar-refractivity contribution < 1.29 is 0 Å². The second kappa shape index (κ2) is 6.63. The summed E-state index contributed by atoms with van der Waals surface area (Å²) in [5.74, 6) is 0. The van der Waals surface area contributed by atoms with Crippen LogP contribution in [0.4, 0.5) is 0 Å². The zero-order chi connectivity index (χ0) is 13.8. The average molecular weight is 365 g/mol. The number of hydrogen-bond donors (Lipinski definition) is 1. The van der Waals surface area contributed by atoms with Gasteiger partial charge in [-0.15, -0.1) is 22.7 Å². The molecular formula is C15H13BrN2S2. The van der Waals surface area contributed by atoms with Gasteiger partial charge in [-0.2, -0.15) is 0 Å². The molecule has 2 nitrogen and oxygen atoms in total. The number of aromatic nitrogens is 1. The van der Waals surface area contributed by atoms with Crippen LogP contribution in [0.2, 0.25) is 0 Å². The third kappa shape index (κ3) is 3.35. The predicted molar refractivity (Wildman–Crippen MR) is 90.1 cm³/mol. The molecule has 5 heteroatoms. The van der Waals surface area contributed by atoms with Gasteiger partial charge in [0.2, 0.25) is 0 Å². The molecule has 2 aromatic heterocycles. The molecule has 0 saturated heterocycles. The fraction of sp³-hybridized carbons (Fsp3) is 0.133. The Morgan fingerprint density at radius 3 is 2.65 bits per heavy atom. The summed E-state index contributed by atoms with van der Waals surface area (Å²) in [4.78, 5) is 5.99. The Morgan fingerprint density at radius 2 is 1.90 bits per heavy atom. The van der Waals surface area contributed by atoms with Crippen molar-refractivity contribution in [3.8, 4) is 11.3 Å². The van der Waals surface area contributed by atoms with Crippen LogP contribution in [0.3, 0.4) is 0 Å². The topological polar surface area (TPSA) is 24.9 Å². The van der Waals surface area contributed by atoms with E-state index in [0.717, 1.165) is 23.8 Å². The van der Waals surface area contributed by atoms with Crippen LogP contribution in [0.25, 0.3) is 11.3 Å². The van der Waals surface area contributed by atoms with Crippen LogP contribution in [-0.2, 0) is 13.1 Å². The minimum absolute atomic E-state index is 0.807. The zero-order valence-electron chi connectivity index (χ0n) is 10.7. The first kappa shape index (κ1) is 13.9. The lowest BCUT2D eigenvalue weighted by Crippen LogP contribution is -2.11. The second-order valence-electron chi connectivity index (χ2n) is 4.29. The van der Waals surface area contributed by atoms with Crippen molar-refractivity contribution in [3.63, 3.8) is 0 Å². The summed E-state index contributed by atoms with van der Waals surface area (Å²) < 4.78 is 1.18. The van der Waals surface area contributed by atoms with Crippen LogP contribution in [0.15, 0.2) is 51.6 Å². The van der Waals surface area contributed by atoms with Crippen LogP contribution >= 0.6 is 38.6 Å². The third-order valence-corrected chi connectivity index (χ3v) is 5.65. The van der Waals surface area contributed by atoms with Gasteiger partial charge in [-0.05, 0) is 27.4 Å². The number of nitrogens with one attached hydrogen (secondary N) is 1. The van der Waals surface area contributed by atoms with Crippen molar-refractivity contribution >= 4 is 38.6 Å². The highest BCUT2D eigenvalue weighted by Gasteiger charge is 2.05. The quantitative estimate of drug-likeness (QED) is 0.694. The Labute approximate surface area is 134 Å². The van der Waals surface area contributed by atoms with E-state index < -0.39 is 0 Å². The van der Waals surface area contributed by atoms with Gasteiger partial charge in [0.1, 0.15) is 5.01 Å². The monoisotopic (exact) mass is 364 g/mol. The van der Waals surface area contributed by atoms with Crippen molar-refractivity contribution in [2.24, 2.45) is 0 Å². The highest BCUT2D eigenvalue weighted by atomic mass is 79.9. The molecule has 0 radical (unpaired) electrons. The largest absolute Gasteiger partial charge is 0.305 e. The fourth-order valence-electron chi connectivity index (χ4n) is 1.87. The number of thiazole rings is 1. The van der Waals surface area contributed by atoms with E-state index in [-0.39, 0.29) is 0 Å². The Bertz CT molecular complexity index is 676. The van der Waals surface area contributed by atoms with E-state index >= 15 is 0 Å². The molecular weight excluding hydrogens is 352 g/mol. The lowest BCUT2D eigenvalue weighted by molar-refractivity contribution is 0.696. The summed E-state index contributed by atoms with van der Waals surface area (Å²) in [5, 5.41) is 8.77. The second-order valence-corrected chi connectivity index (χ2v) is 7.09. The normalized spacial score (nSPS) is 10.8. The van der Waals surface area contributed by atoms with Gasteiger partial charge in [0.15, 0.2) is 0 Å². The molecule has 2 heterocycles. The first-order valence-corrected chi connectivity index (χ1v) is 8.80. The number of hydrogen-bond acceptors (Lipinski definition) is 4. The summed E-state index contributed by atoms with van der Waals surface area (Å²) in [6.45, 7) is 1.68. The van der Waals surface area contributed by atoms with E-state index in [1.165, 1.54) is 14.9 Å². The molecule has 0 aliphatic rings. The van der Waals surface area contributed by atoms with Gasteiger partial charge in [-0.1, -0.05) is 30.3 Å². The molecule has 3 aromatic rings. The van der Waals surface area contributed by atoms with Gasteiger partial charge in [-0.25, -0.2) is 4.98 Å². The minimum atomic E-state index is 0.807. The van der Waals surface area contributed by atoms with Crippen LogP contribution in [-0.4, -0.2) is 4.98 Å². The molecule has 0 atom stereocenters. The molecule has 0 aliphatic heterocycles. The van der Waals surface area contributed by atoms with Crippen LogP contribution in [0.5, 0.6) is 0 Å². The van der Waals surface area contributed by atoms with Gasteiger partial charge >= 0.3 is 0 Å². The summed E-state index contributed by atoms with van der Waals surface area (Å²) in [5.41, 5.74) is 2.24. The number of thiophene rings is 1. The summed E-state index contributed by atoms with van der Waals surface area (Å²) >= 11 is 7.01. The van der Waals surface area contributed by atoms with Crippen molar-refractivity contribution in [3.05, 3.63) is 61.5 Å². The molecule has 1 N–H and O–H groups in total. The van der Waals surface area contributed by atoms with E-state index in [2.05, 4.69) is 55.2 Å². The summed E-state index contributed by atoms with van der Waals surface area (Å²) in [6.07, 6.45) is 0. The molecule has 102 valence electrons. The molecule has 0 fully saturated rings. The Balaban J connectivity index is 1.59. The zero-order valence-corrected chi connectivity index (χ0v) is 13.9. The maximum atomic E-state index is 4.67. The van der Waals surface area contributed by atoms with E-state index in [9.17, 15) is 0 Å². The van der Waals surface area contributed by atoms with Gasteiger partial charge in [0.25, 0.3) is 0 Å².